The van der Waals surface area contributed by atoms with Crippen molar-refractivity contribution >= 4 is 29.4 Å². The first kappa shape index (κ1) is 22.7. The lowest BCUT2D eigenvalue weighted by Gasteiger charge is -2.17. The summed E-state index contributed by atoms with van der Waals surface area (Å²) in [4.78, 5) is 24.5. The predicted molar refractivity (Wildman–Crippen MR) is 108 cm³/mol. The average molecular weight is 424 g/mol. The molecule has 3 nitrogen and oxygen atoms in total. The molecule has 0 unspecified atom stereocenters. The summed E-state index contributed by atoms with van der Waals surface area (Å²) in [5, 5.41) is 3.04. The zero-order chi connectivity index (χ0) is 21.8. The largest absolute Gasteiger partial charge is 0.416 e. The Balaban J connectivity index is 2.12. The van der Waals surface area contributed by atoms with Gasteiger partial charge in [0.2, 0.25) is 5.91 Å². The fourth-order valence-electron chi connectivity index (χ4n) is 2.36. The normalized spacial score (nSPS) is 12.2. The molecule has 0 aliphatic rings. The Hall–Kier alpha value is -2.60. The van der Waals surface area contributed by atoms with Crippen LogP contribution in [0.1, 0.15) is 47.8 Å². The van der Waals surface area contributed by atoms with Crippen molar-refractivity contribution in [3.8, 4) is 0 Å². The van der Waals surface area contributed by atoms with Gasteiger partial charge in [-0.3, -0.25) is 9.59 Å². The van der Waals surface area contributed by atoms with Crippen LogP contribution >= 0.6 is 11.6 Å². The van der Waals surface area contributed by atoms with E-state index >= 15 is 0 Å². The number of ketones is 1. The number of carbonyl (C=O) groups excluding carboxylic acids is 2. The lowest BCUT2D eigenvalue weighted by molar-refractivity contribution is -0.137. The molecule has 0 aliphatic carbocycles. The molecule has 0 spiro atoms. The first-order valence-corrected chi connectivity index (χ1v) is 9.22. The van der Waals surface area contributed by atoms with Crippen LogP contribution in [0.25, 0.3) is 6.08 Å². The van der Waals surface area contributed by atoms with Crippen LogP contribution < -0.4 is 5.32 Å². The van der Waals surface area contributed by atoms with Gasteiger partial charge in [-0.1, -0.05) is 56.6 Å². The number of hydrogen-bond donors (Lipinski definition) is 1. The van der Waals surface area contributed by atoms with Crippen molar-refractivity contribution in [3.05, 3.63) is 75.8 Å². The maximum absolute atomic E-state index is 12.6. The molecule has 0 aliphatic heterocycles. The summed E-state index contributed by atoms with van der Waals surface area (Å²) in [6, 6.07) is 9.34. The molecule has 154 valence electrons. The van der Waals surface area contributed by atoms with Crippen LogP contribution in [0, 0.1) is 5.41 Å². The SMILES string of the molecule is CC(C)(C)C(=O)NCc1ccc(Cl)c(C(=O)C=Cc2ccc(C(F)(F)F)cc2)c1. The number of hydrogen-bond acceptors (Lipinski definition) is 2. The average Bonchev–Trinajstić information content (AvgIpc) is 2.64. The van der Waals surface area contributed by atoms with E-state index in [1.165, 1.54) is 24.3 Å². The first-order valence-electron chi connectivity index (χ1n) is 8.84. The third-order valence-corrected chi connectivity index (χ3v) is 4.43. The topological polar surface area (TPSA) is 46.2 Å². The Morgan fingerprint density at radius 3 is 2.21 bits per heavy atom. The molecule has 0 heterocycles. The molecule has 29 heavy (non-hydrogen) atoms. The van der Waals surface area contributed by atoms with Crippen LogP contribution in [-0.4, -0.2) is 11.7 Å². The second-order valence-electron chi connectivity index (χ2n) is 7.56. The van der Waals surface area contributed by atoms with Crippen molar-refractivity contribution in [2.24, 2.45) is 5.41 Å². The maximum Gasteiger partial charge on any atom is 0.416 e. The molecule has 0 radical (unpaired) electrons. The molecule has 1 N–H and O–H groups in total. The van der Waals surface area contributed by atoms with E-state index in [2.05, 4.69) is 5.32 Å². The third kappa shape index (κ3) is 6.46. The van der Waals surface area contributed by atoms with Crippen molar-refractivity contribution in [2.45, 2.75) is 33.5 Å². The molecular weight excluding hydrogens is 403 g/mol. The number of amides is 1. The monoisotopic (exact) mass is 423 g/mol. The standard InChI is InChI=1S/C22H21ClF3NO2/c1-21(2,3)20(29)27-13-15-6-10-18(23)17(12-15)19(28)11-7-14-4-8-16(9-5-14)22(24,25)26/h4-12H,13H2,1-3H3,(H,27,29). The van der Waals surface area contributed by atoms with Gasteiger partial charge in [-0.05, 0) is 41.5 Å². The number of nitrogens with one attached hydrogen (secondary N) is 1. The second-order valence-corrected chi connectivity index (χ2v) is 7.97. The Morgan fingerprint density at radius 2 is 1.66 bits per heavy atom. The van der Waals surface area contributed by atoms with Crippen molar-refractivity contribution < 1.29 is 22.8 Å². The van der Waals surface area contributed by atoms with Crippen LogP contribution in [0.3, 0.4) is 0 Å². The lowest BCUT2D eigenvalue weighted by atomic mass is 9.95. The number of alkyl halides is 3. The van der Waals surface area contributed by atoms with Gasteiger partial charge in [-0.25, -0.2) is 0 Å². The van der Waals surface area contributed by atoms with E-state index in [1.807, 2.05) is 0 Å². The lowest BCUT2D eigenvalue weighted by Crippen LogP contribution is -2.34. The van der Waals surface area contributed by atoms with Gasteiger partial charge in [0.15, 0.2) is 5.78 Å². The van der Waals surface area contributed by atoms with Crippen LogP contribution in [0.2, 0.25) is 5.02 Å². The van der Waals surface area contributed by atoms with Gasteiger partial charge in [0, 0.05) is 17.5 Å². The number of allylic oxidation sites excluding steroid dienone is 1. The summed E-state index contributed by atoms with van der Waals surface area (Å²) in [6.07, 6.45) is -1.73. The minimum atomic E-state index is -4.41. The summed E-state index contributed by atoms with van der Waals surface area (Å²) in [5.74, 6) is -0.513. The Kier molecular flexibility index (Phi) is 6.90. The Bertz CT molecular complexity index is 927. The van der Waals surface area contributed by atoms with Crippen molar-refractivity contribution in [1.82, 2.24) is 5.32 Å². The molecule has 0 fully saturated rings. The summed E-state index contributed by atoms with van der Waals surface area (Å²) in [5.41, 5.74) is 0.121. The fraction of sp³-hybridized carbons (Fsp3) is 0.273. The van der Waals surface area contributed by atoms with Gasteiger partial charge >= 0.3 is 6.18 Å². The van der Waals surface area contributed by atoms with Gasteiger partial charge in [-0.15, -0.1) is 0 Å². The van der Waals surface area contributed by atoms with Gasteiger partial charge in [0.25, 0.3) is 0 Å². The molecule has 7 heteroatoms. The molecule has 2 rings (SSSR count). The zero-order valence-corrected chi connectivity index (χ0v) is 17.0. The highest BCUT2D eigenvalue weighted by Gasteiger charge is 2.29. The minimum Gasteiger partial charge on any atom is -0.352 e. The Morgan fingerprint density at radius 1 is 1.03 bits per heavy atom. The highest BCUT2D eigenvalue weighted by Crippen LogP contribution is 2.29. The van der Waals surface area contributed by atoms with E-state index < -0.39 is 17.2 Å². The first-order chi connectivity index (χ1) is 13.4. The summed E-state index contributed by atoms with van der Waals surface area (Å²) in [6.45, 7) is 5.64. The van der Waals surface area contributed by atoms with Gasteiger partial charge in [-0.2, -0.15) is 13.2 Å². The van der Waals surface area contributed by atoms with E-state index in [1.54, 1.807) is 39.0 Å². The van der Waals surface area contributed by atoms with Crippen LogP contribution in [0.4, 0.5) is 13.2 Å². The number of carbonyl (C=O) groups is 2. The Labute approximate surface area is 172 Å². The van der Waals surface area contributed by atoms with Crippen LogP contribution in [-0.2, 0) is 17.5 Å². The van der Waals surface area contributed by atoms with E-state index in [0.29, 0.717) is 11.1 Å². The van der Waals surface area contributed by atoms with Gasteiger partial charge < -0.3 is 5.32 Å². The van der Waals surface area contributed by atoms with Gasteiger partial charge in [0.1, 0.15) is 0 Å². The molecule has 1 amide bonds. The highest BCUT2D eigenvalue weighted by atomic mass is 35.5. The molecule has 0 saturated carbocycles. The molecule has 0 atom stereocenters. The smallest absolute Gasteiger partial charge is 0.352 e. The predicted octanol–water partition coefficient (Wildman–Crippen LogP) is 5.92. The third-order valence-electron chi connectivity index (χ3n) is 4.10. The molecule has 0 saturated heterocycles. The number of rotatable bonds is 5. The van der Waals surface area contributed by atoms with Crippen LogP contribution in [0.5, 0.6) is 0 Å². The number of halogens is 4. The minimum absolute atomic E-state index is 0.123. The second kappa shape index (κ2) is 8.82. The van der Waals surface area contributed by atoms with Crippen molar-refractivity contribution in [2.75, 3.05) is 0 Å². The molecular formula is C22H21ClF3NO2. The van der Waals surface area contributed by atoms with Gasteiger partial charge in [0.05, 0.1) is 10.6 Å². The van der Waals surface area contributed by atoms with E-state index in [-0.39, 0.29) is 28.8 Å². The highest BCUT2D eigenvalue weighted by molar-refractivity contribution is 6.34. The fourth-order valence-corrected chi connectivity index (χ4v) is 2.57. The zero-order valence-electron chi connectivity index (χ0n) is 16.2. The number of benzene rings is 2. The summed E-state index contributed by atoms with van der Waals surface area (Å²) < 4.78 is 37.8. The summed E-state index contributed by atoms with van der Waals surface area (Å²) in [7, 11) is 0. The van der Waals surface area contributed by atoms with E-state index in [9.17, 15) is 22.8 Å². The van der Waals surface area contributed by atoms with Crippen LogP contribution in [0.15, 0.2) is 48.5 Å². The van der Waals surface area contributed by atoms with Crippen molar-refractivity contribution in [3.63, 3.8) is 0 Å². The maximum atomic E-state index is 12.6. The molecule has 0 bridgehead atoms. The molecule has 2 aromatic rings. The van der Waals surface area contributed by atoms with Crippen molar-refractivity contribution in [1.29, 1.82) is 0 Å². The van der Waals surface area contributed by atoms with E-state index in [4.69, 9.17) is 11.6 Å². The van der Waals surface area contributed by atoms with E-state index in [0.717, 1.165) is 12.1 Å². The summed E-state index contributed by atoms with van der Waals surface area (Å²) >= 11 is 6.11. The quantitative estimate of drug-likeness (QED) is 0.479. The molecule has 2 aromatic carbocycles. The molecule has 0 aromatic heterocycles.